The van der Waals surface area contributed by atoms with Crippen molar-refractivity contribution in [3.8, 4) is 5.75 Å². The summed E-state index contributed by atoms with van der Waals surface area (Å²) in [5.74, 6) is -0.126. The van der Waals surface area contributed by atoms with Gasteiger partial charge in [0.15, 0.2) is 0 Å². The SMILES string of the molecule is O=C(Nc1ccc(NCCO)cc1O)N(CCO)CCO. The van der Waals surface area contributed by atoms with E-state index in [2.05, 4.69) is 10.6 Å². The number of carbonyl (C=O) groups is 1. The Labute approximate surface area is 122 Å². The number of rotatable bonds is 8. The van der Waals surface area contributed by atoms with Crippen LogP contribution < -0.4 is 10.6 Å². The van der Waals surface area contributed by atoms with Crippen molar-refractivity contribution in [2.24, 2.45) is 0 Å². The van der Waals surface area contributed by atoms with Gasteiger partial charge < -0.3 is 36.0 Å². The molecule has 0 heterocycles. The van der Waals surface area contributed by atoms with Crippen LogP contribution in [0.25, 0.3) is 0 Å². The van der Waals surface area contributed by atoms with Crippen LogP contribution in [-0.4, -0.2) is 70.8 Å². The molecule has 6 N–H and O–H groups in total. The number of nitrogens with one attached hydrogen (secondary N) is 2. The molecule has 0 unspecified atom stereocenters. The first-order chi connectivity index (χ1) is 10.1. The molecule has 2 amide bonds. The van der Waals surface area contributed by atoms with Crippen LogP contribution >= 0.6 is 0 Å². The molecule has 1 aromatic carbocycles. The summed E-state index contributed by atoms with van der Waals surface area (Å²) in [7, 11) is 0. The summed E-state index contributed by atoms with van der Waals surface area (Å²) in [6.07, 6.45) is 0. The number of aromatic hydroxyl groups is 1. The Kier molecular flexibility index (Phi) is 7.30. The van der Waals surface area contributed by atoms with E-state index in [1.165, 1.54) is 17.0 Å². The molecular weight excluding hydrogens is 278 g/mol. The van der Waals surface area contributed by atoms with Gasteiger partial charge in [-0.25, -0.2) is 4.79 Å². The van der Waals surface area contributed by atoms with E-state index >= 15 is 0 Å². The molecule has 8 heteroatoms. The zero-order valence-electron chi connectivity index (χ0n) is 11.6. The van der Waals surface area contributed by atoms with E-state index in [0.717, 1.165) is 0 Å². The van der Waals surface area contributed by atoms with Gasteiger partial charge in [-0.2, -0.15) is 0 Å². The third kappa shape index (κ3) is 5.46. The first-order valence-electron chi connectivity index (χ1n) is 6.57. The maximum atomic E-state index is 11.9. The topological polar surface area (TPSA) is 125 Å². The maximum absolute atomic E-state index is 11.9. The van der Waals surface area contributed by atoms with Crippen molar-refractivity contribution in [2.75, 3.05) is 50.1 Å². The van der Waals surface area contributed by atoms with Crippen LogP contribution in [0.5, 0.6) is 5.75 Å². The van der Waals surface area contributed by atoms with Gasteiger partial charge in [0, 0.05) is 31.4 Å². The molecule has 0 aromatic heterocycles. The molecule has 0 fully saturated rings. The van der Waals surface area contributed by atoms with E-state index in [1.54, 1.807) is 6.07 Å². The number of hydrogen-bond acceptors (Lipinski definition) is 6. The standard InChI is InChI=1S/C13H21N3O5/c17-6-3-14-10-1-2-11(12(20)9-10)15-13(21)16(4-7-18)5-8-19/h1-2,9,14,17-20H,3-8H2,(H,15,21). The van der Waals surface area contributed by atoms with Crippen molar-refractivity contribution in [2.45, 2.75) is 0 Å². The van der Waals surface area contributed by atoms with Crippen LogP contribution in [0.1, 0.15) is 0 Å². The van der Waals surface area contributed by atoms with Crippen LogP contribution in [0.15, 0.2) is 18.2 Å². The predicted molar refractivity (Wildman–Crippen MR) is 78.4 cm³/mol. The second kappa shape index (κ2) is 9.01. The molecular formula is C13H21N3O5. The summed E-state index contributed by atoms with van der Waals surface area (Å²) in [6.45, 7) is 0.0574. The lowest BCUT2D eigenvalue weighted by Gasteiger charge is -2.21. The maximum Gasteiger partial charge on any atom is 0.322 e. The number of phenolic OH excluding ortho intramolecular Hbond substituents is 1. The lowest BCUT2D eigenvalue weighted by atomic mass is 10.2. The van der Waals surface area contributed by atoms with Crippen LogP contribution in [0, 0.1) is 0 Å². The van der Waals surface area contributed by atoms with Crippen molar-refractivity contribution >= 4 is 17.4 Å². The van der Waals surface area contributed by atoms with Crippen LogP contribution in [0.4, 0.5) is 16.2 Å². The van der Waals surface area contributed by atoms with Crippen LogP contribution in [0.2, 0.25) is 0 Å². The second-order valence-corrected chi connectivity index (χ2v) is 4.25. The summed E-state index contributed by atoms with van der Waals surface area (Å²) < 4.78 is 0. The molecule has 0 spiro atoms. The first kappa shape index (κ1) is 17.0. The minimum atomic E-state index is -0.524. The largest absolute Gasteiger partial charge is 0.506 e. The second-order valence-electron chi connectivity index (χ2n) is 4.25. The summed E-state index contributed by atoms with van der Waals surface area (Å²) in [4.78, 5) is 13.2. The minimum Gasteiger partial charge on any atom is -0.506 e. The fraction of sp³-hybridized carbons (Fsp3) is 0.462. The Morgan fingerprint density at radius 3 is 2.29 bits per heavy atom. The molecule has 0 atom stereocenters. The molecule has 0 aliphatic rings. The number of benzene rings is 1. The molecule has 0 radical (unpaired) electrons. The Hall–Kier alpha value is -2.03. The lowest BCUT2D eigenvalue weighted by Crippen LogP contribution is -2.38. The minimum absolute atomic E-state index is 0.0312. The van der Waals surface area contributed by atoms with E-state index in [0.29, 0.717) is 12.2 Å². The highest BCUT2D eigenvalue weighted by molar-refractivity contribution is 5.91. The average Bonchev–Trinajstić information content (AvgIpc) is 2.47. The van der Waals surface area contributed by atoms with Gasteiger partial charge in [-0.3, -0.25) is 0 Å². The van der Waals surface area contributed by atoms with Gasteiger partial charge in [0.2, 0.25) is 0 Å². The third-order valence-electron chi connectivity index (χ3n) is 2.71. The van der Waals surface area contributed by atoms with E-state index in [1.807, 2.05) is 0 Å². The normalized spacial score (nSPS) is 10.2. The Morgan fingerprint density at radius 2 is 1.76 bits per heavy atom. The molecule has 0 bridgehead atoms. The van der Waals surface area contributed by atoms with Gasteiger partial charge in [-0.1, -0.05) is 0 Å². The van der Waals surface area contributed by atoms with Gasteiger partial charge in [0.25, 0.3) is 0 Å². The smallest absolute Gasteiger partial charge is 0.322 e. The number of aliphatic hydroxyl groups is 3. The number of anilines is 2. The quantitative estimate of drug-likeness (QED) is 0.363. The Morgan fingerprint density at radius 1 is 1.10 bits per heavy atom. The van der Waals surface area contributed by atoms with Crippen LogP contribution in [0.3, 0.4) is 0 Å². The average molecular weight is 299 g/mol. The predicted octanol–water partition coefficient (Wildman–Crippen LogP) is -0.385. The fourth-order valence-electron chi connectivity index (χ4n) is 1.70. The first-order valence-corrected chi connectivity index (χ1v) is 6.57. The Bertz CT molecular complexity index is 449. The number of hydrogen-bond donors (Lipinski definition) is 6. The molecule has 0 saturated heterocycles. The molecule has 0 aliphatic carbocycles. The van der Waals surface area contributed by atoms with Crippen LogP contribution in [-0.2, 0) is 0 Å². The summed E-state index contributed by atoms with van der Waals surface area (Å²) in [5.41, 5.74) is 0.831. The molecule has 0 saturated carbocycles. The van der Waals surface area contributed by atoms with E-state index in [4.69, 9.17) is 15.3 Å². The lowest BCUT2D eigenvalue weighted by molar-refractivity contribution is 0.167. The number of urea groups is 1. The summed E-state index contributed by atoms with van der Waals surface area (Å²) in [6, 6.07) is 4.06. The highest BCUT2D eigenvalue weighted by Gasteiger charge is 2.14. The summed E-state index contributed by atoms with van der Waals surface area (Å²) in [5, 5.41) is 41.7. The molecule has 118 valence electrons. The molecule has 21 heavy (non-hydrogen) atoms. The van der Waals surface area contributed by atoms with Crippen molar-refractivity contribution in [3.63, 3.8) is 0 Å². The number of carbonyl (C=O) groups excluding carboxylic acids is 1. The van der Waals surface area contributed by atoms with E-state index < -0.39 is 6.03 Å². The molecule has 1 aromatic rings. The molecule has 8 nitrogen and oxygen atoms in total. The number of nitrogens with zero attached hydrogens (tertiary/aromatic N) is 1. The molecule has 1 rings (SSSR count). The Balaban J connectivity index is 2.70. The van der Waals surface area contributed by atoms with Crippen molar-refractivity contribution < 1.29 is 25.2 Å². The zero-order chi connectivity index (χ0) is 15.7. The molecule has 0 aliphatic heterocycles. The van der Waals surface area contributed by atoms with Gasteiger partial charge in [-0.05, 0) is 12.1 Å². The number of phenols is 1. The van der Waals surface area contributed by atoms with Crippen molar-refractivity contribution in [3.05, 3.63) is 18.2 Å². The number of aliphatic hydroxyl groups excluding tert-OH is 3. The van der Waals surface area contributed by atoms with Gasteiger partial charge in [0.1, 0.15) is 5.75 Å². The van der Waals surface area contributed by atoms with Crippen molar-refractivity contribution in [1.82, 2.24) is 4.90 Å². The van der Waals surface area contributed by atoms with Gasteiger partial charge >= 0.3 is 6.03 Å². The number of amides is 2. The zero-order valence-corrected chi connectivity index (χ0v) is 11.6. The van der Waals surface area contributed by atoms with E-state index in [9.17, 15) is 9.90 Å². The van der Waals surface area contributed by atoms with Crippen molar-refractivity contribution in [1.29, 1.82) is 0 Å². The highest BCUT2D eigenvalue weighted by Crippen LogP contribution is 2.26. The van der Waals surface area contributed by atoms with Gasteiger partial charge in [-0.15, -0.1) is 0 Å². The van der Waals surface area contributed by atoms with Gasteiger partial charge in [0.05, 0.1) is 25.5 Å². The third-order valence-corrected chi connectivity index (χ3v) is 2.71. The van der Waals surface area contributed by atoms with E-state index in [-0.39, 0.29) is 44.3 Å². The monoisotopic (exact) mass is 299 g/mol. The fourth-order valence-corrected chi connectivity index (χ4v) is 1.70. The summed E-state index contributed by atoms with van der Waals surface area (Å²) >= 11 is 0. The highest BCUT2D eigenvalue weighted by atomic mass is 16.3.